The molecule has 0 aliphatic carbocycles. The van der Waals surface area contributed by atoms with Gasteiger partial charge in [0.05, 0.1) is 0 Å². The van der Waals surface area contributed by atoms with E-state index in [1.807, 2.05) is 0 Å². The van der Waals surface area contributed by atoms with Gasteiger partial charge in [0.15, 0.2) is 0 Å². The van der Waals surface area contributed by atoms with Crippen molar-refractivity contribution in [2.45, 2.75) is 0 Å². The van der Waals surface area contributed by atoms with Gasteiger partial charge < -0.3 is 0 Å². The van der Waals surface area contributed by atoms with Gasteiger partial charge in [0, 0.05) is 0 Å². The predicted octanol–water partition coefficient (Wildman–Crippen LogP) is 6.87. The van der Waals surface area contributed by atoms with Gasteiger partial charge in [-0.3, -0.25) is 0 Å². The maximum Gasteiger partial charge on any atom is -0.00145 e. The molecule has 0 atom stereocenters. The molecule has 0 nitrogen and oxygen atoms in total. The minimum atomic E-state index is 1.29. The molecule has 0 aliphatic rings. The Balaban J connectivity index is 1.92. The second-order valence-corrected chi connectivity index (χ2v) is 7.14. The summed E-state index contributed by atoms with van der Waals surface area (Å²) in [4.78, 5) is 0. The summed E-state index contributed by atoms with van der Waals surface area (Å²) in [7, 11) is 0. The number of rotatable bonds is 3. The van der Waals surface area contributed by atoms with Crippen molar-refractivity contribution in [2.75, 3.05) is 0 Å². The third-order valence-electron chi connectivity index (χ3n) is 3.54. The van der Waals surface area contributed by atoms with Gasteiger partial charge in [-0.25, -0.2) is 0 Å². The highest BCUT2D eigenvalue weighted by Crippen LogP contribution is 2.37. The lowest BCUT2D eigenvalue weighted by atomic mass is 9.94. The summed E-state index contributed by atoms with van der Waals surface area (Å²) in [6.45, 7) is 0. The van der Waals surface area contributed by atoms with Gasteiger partial charge >= 0.3 is 0 Å². The van der Waals surface area contributed by atoms with Crippen LogP contribution in [0.4, 0.5) is 0 Å². The van der Waals surface area contributed by atoms with Crippen LogP contribution in [0.1, 0.15) is 0 Å². The van der Waals surface area contributed by atoms with Crippen molar-refractivity contribution in [1.29, 1.82) is 0 Å². The highest BCUT2D eigenvalue weighted by atomic mass is 32.1. The molecule has 3 heterocycles. The van der Waals surface area contributed by atoms with Crippen LogP contribution in [0.5, 0.6) is 0 Å². The van der Waals surface area contributed by atoms with Crippen LogP contribution in [0.25, 0.3) is 33.4 Å². The van der Waals surface area contributed by atoms with E-state index in [2.05, 4.69) is 68.7 Å². The highest BCUT2D eigenvalue weighted by Gasteiger charge is 2.10. The summed E-state index contributed by atoms with van der Waals surface area (Å²) in [5, 5.41) is 13.1. The number of thiophene rings is 3. The summed E-state index contributed by atoms with van der Waals surface area (Å²) in [6, 6.07) is 13.4. The topological polar surface area (TPSA) is 0 Å². The molecule has 3 aromatic heterocycles. The maximum absolute atomic E-state index is 2.32. The molecule has 0 N–H and O–H groups in total. The van der Waals surface area contributed by atoms with Gasteiger partial charge in [0.25, 0.3) is 0 Å². The quantitative estimate of drug-likeness (QED) is 0.385. The van der Waals surface area contributed by atoms with Crippen LogP contribution in [-0.4, -0.2) is 0 Å². The van der Waals surface area contributed by atoms with Crippen LogP contribution in [-0.2, 0) is 0 Å². The number of benzene rings is 1. The summed E-state index contributed by atoms with van der Waals surface area (Å²) in [5.41, 5.74) is 7.83. The van der Waals surface area contributed by atoms with E-state index in [9.17, 15) is 0 Å². The van der Waals surface area contributed by atoms with Crippen molar-refractivity contribution in [1.82, 2.24) is 0 Å². The Hall–Kier alpha value is -1.68. The van der Waals surface area contributed by atoms with Crippen molar-refractivity contribution in [2.24, 2.45) is 0 Å². The molecule has 0 bridgehead atoms. The molecule has 0 spiro atoms. The Kier molecular flexibility index (Phi) is 3.47. The fraction of sp³-hybridized carbons (Fsp3) is 0. The lowest BCUT2D eigenvalue weighted by molar-refractivity contribution is 1.63. The van der Waals surface area contributed by atoms with Crippen LogP contribution in [0.15, 0.2) is 68.7 Å². The molecular weight excluding hydrogens is 312 g/mol. The van der Waals surface area contributed by atoms with Gasteiger partial charge in [0.2, 0.25) is 0 Å². The third kappa shape index (κ3) is 2.48. The molecule has 21 heavy (non-hydrogen) atoms. The Morgan fingerprint density at radius 3 is 1.62 bits per heavy atom. The molecule has 3 heteroatoms. The van der Waals surface area contributed by atoms with E-state index in [-0.39, 0.29) is 0 Å². The summed E-state index contributed by atoms with van der Waals surface area (Å²) in [5.74, 6) is 0. The van der Waals surface area contributed by atoms with E-state index < -0.39 is 0 Å². The van der Waals surface area contributed by atoms with Crippen molar-refractivity contribution < 1.29 is 0 Å². The molecule has 0 saturated heterocycles. The average molecular weight is 324 g/mol. The maximum atomic E-state index is 2.32. The molecule has 0 unspecified atom stereocenters. The largest absolute Gasteiger partial charge is 0.152 e. The standard InChI is InChI=1S/C18H12S3/c1-2-17(15-4-7-20-11-15)18(16-5-8-21-12-16)9-13(1)14-3-6-19-10-14/h1-12H. The molecular formula is C18H12S3. The van der Waals surface area contributed by atoms with Crippen molar-refractivity contribution in [3.05, 3.63) is 68.7 Å². The molecule has 102 valence electrons. The van der Waals surface area contributed by atoms with Crippen LogP contribution < -0.4 is 0 Å². The Labute approximate surface area is 136 Å². The number of hydrogen-bond donors (Lipinski definition) is 0. The van der Waals surface area contributed by atoms with Gasteiger partial charge in [-0.05, 0) is 89.9 Å². The van der Waals surface area contributed by atoms with Crippen LogP contribution in [0.3, 0.4) is 0 Å². The Bertz CT molecular complexity index is 823. The zero-order valence-electron chi connectivity index (χ0n) is 11.2. The van der Waals surface area contributed by atoms with Gasteiger partial charge in [-0.2, -0.15) is 34.0 Å². The molecule has 0 saturated carbocycles. The minimum Gasteiger partial charge on any atom is -0.152 e. The van der Waals surface area contributed by atoms with Gasteiger partial charge in [-0.1, -0.05) is 12.1 Å². The van der Waals surface area contributed by atoms with Crippen LogP contribution in [0.2, 0.25) is 0 Å². The zero-order valence-corrected chi connectivity index (χ0v) is 13.6. The highest BCUT2D eigenvalue weighted by molar-refractivity contribution is 7.08. The second kappa shape index (κ2) is 5.60. The first-order chi connectivity index (χ1) is 10.4. The predicted molar refractivity (Wildman–Crippen MR) is 96.4 cm³/mol. The first-order valence-corrected chi connectivity index (χ1v) is 9.46. The van der Waals surface area contributed by atoms with Crippen LogP contribution in [0, 0.1) is 0 Å². The summed E-state index contributed by atoms with van der Waals surface area (Å²) < 4.78 is 0. The lowest BCUT2D eigenvalue weighted by Gasteiger charge is -2.10. The first-order valence-electron chi connectivity index (χ1n) is 6.63. The van der Waals surface area contributed by atoms with Crippen molar-refractivity contribution in [3.8, 4) is 33.4 Å². The average Bonchev–Trinajstić information content (AvgIpc) is 3.28. The number of hydrogen-bond acceptors (Lipinski definition) is 3. The minimum absolute atomic E-state index is 1.29. The monoisotopic (exact) mass is 324 g/mol. The van der Waals surface area contributed by atoms with Crippen molar-refractivity contribution >= 4 is 34.0 Å². The van der Waals surface area contributed by atoms with E-state index in [4.69, 9.17) is 0 Å². The lowest BCUT2D eigenvalue weighted by Crippen LogP contribution is -1.84. The van der Waals surface area contributed by atoms with Crippen LogP contribution >= 0.6 is 34.0 Å². The first kappa shape index (κ1) is 13.0. The molecule has 4 aromatic rings. The SMILES string of the molecule is c1cc(-c2ccc(-c3ccsc3)c(-c3ccsc3)c2)cs1. The van der Waals surface area contributed by atoms with Crippen molar-refractivity contribution in [3.63, 3.8) is 0 Å². The van der Waals surface area contributed by atoms with Gasteiger partial charge in [-0.15, -0.1) is 0 Å². The van der Waals surface area contributed by atoms with E-state index in [0.29, 0.717) is 0 Å². The Morgan fingerprint density at radius 2 is 1.05 bits per heavy atom. The summed E-state index contributed by atoms with van der Waals surface area (Å²) in [6.07, 6.45) is 0. The fourth-order valence-corrected chi connectivity index (χ4v) is 4.46. The smallest absolute Gasteiger partial charge is 0.00145 e. The fourth-order valence-electron chi connectivity index (χ4n) is 2.48. The molecule has 0 aliphatic heterocycles. The second-order valence-electron chi connectivity index (χ2n) is 4.80. The van der Waals surface area contributed by atoms with E-state index >= 15 is 0 Å². The molecule has 1 aromatic carbocycles. The van der Waals surface area contributed by atoms with Gasteiger partial charge in [0.1, 0.15) is 0 Å². The zero-order chi connectivity index (χ0) is 14.1. The van der Waals surface area contributed by atoms with E-state index in [1.165, 1.54) is 33.4 Å². The molecule has 4 rings (SSSR count). The molecule has 0 amide bonds. The third-order valence-corrected chi connectivity index (χ3v) is 5.59. The molecule has 0 radical (unpaired) electrons. The van der Waals surface area contributed by atoms with E-state index in [1.54, 1.807) is 34.0 Å². The Morgan fingerprint density at radius 1 is 0.476 bits per heavy atom. The van der Waals surface area contributed by atoms with E-state index in [0.717, 1.165) is 0 Å². The summed E-state index contributed by atoms with van der Waals surface area (Å²) >= 11 is 5.24. The molecule has 0 fully saturated rings. The normalized spacial score (nSPS) is 10.9.